The lowest BCUT2D eigenvalue weighted by Gasteiger charge is -2.56. The quantitative estimate of drug-likeness (QED) is 0.866. The van der Waals surface area contributed by atoms with Gasteiger partial charge in [-0.15, -0.1) is 0 Å². The fraction of sp³-hybridized carbons (Fsp3) is 0.650. The highest BCUT2D eigenvalue weighted by molar-refractivity contribution is 5.77. The van der Waals surface area contributed by atoms with Crippen LogP contribution in [0.3, 0.4) is 0 Å². The van der Waals surface area contributed by atoms with E-state index < -0.39 is 0 Å². The molecule has 4 fully saturated rings. The van der Waals surface area contributed by atoms with Gasteiger partial charge in [0.2, 0.25) is 5.91 Å². The number of carbonyl (C=O) groups is 1. The first-order chi connectivity index (χ1) is 11.1. The number of aryl methyl sites for hydroxylation is 1. The van der Waals surface area contributed by atoms with E-state index in [9.17, 15) is 4.79 Å². The Labute approximate surface area is 139 Å². The smallest absolute Gasteiger partial charge is 0.222 e. The minimum Gasteiger partial charge on any atom is -0.385 e. The lowest BCUT2D eigenvalue weighted by Crippen LogP contribution is -2.59. The summed E-state index contributed by atoms with van der Waals surface area (Å²) in [6, 6.07) is 8.34. The van der Waals surface area contributed by atoms with Gasteiger partial charge >= 0.3 is 0 Å². The third-order valence-corrected chi connectivity index (χ3v) is 6.18. The summed E-state index contributed by atoms with van der Waals surface area (Å²) in [5.74, 6) is 2.87. The average molecular weight is 312 g/mol. The Balaban J connectivity index is 1.28. The Morgan fingerprint density at radius 2 is 1.61 bits per heavy atom. The molecule has 4 bridgehead atoms. The number of hydrogen-bond acceptors (Lipinski definition) is 2. The van der Waals surface area contributed by atoms with E-state index in [0.717, 1.165) is 23.4 Å². The van der Waals surface area contributed by atoms with Crippen LogP contribution >= 0.6 is 0 Å². The molecule has 4 aliphatic carbocycles. The van der Waals surface area contributed by atoms with Gasteiger partial charge in [0.05, 0.1) is 0 Å². The molecule has 0 atom stereocenters. The maximum absolute atomic E-state index is 12.4. The van der Waals surface area contributed by atoms with E-state index in [1.54, 1.807) is 0 Å². The maximum atomic E-state index is 12.4. The molecule has 3 heteroatoms. The van der Waals surface area contributed by atoms with Gasteiger partial charge in [-0.2, -0.15) is 0 Å². The molecule has 1 amide bonds. The molecule has 4 aliphatic rings. The number of rotatable bonds is 5. The second kappa shape index (κ2) is 5.85. The van der Waals surface area contributed by atoms with Gasteiger partial charge < -0.3 is 10.6 Å². The predicted octanol–water partition coefficient (Wildman–Crippen LogP) is 3.88. The first-order valence-corrected chi connectivity index (χ1v) is 9.22. The third-order valence-electron chi connectivity index (χ3n) is 6.18. The molecule has 0 aliphatic heterocycles. The SMILES string of the molecule is Cc1ccc(NCCC(=O)NC23CC4CC(CC(C4)C2)C3)cc1. The van der Waals surface area contributed by atoms with Crippen LogP contribution < -0.4 is 10.6 Å². The molecule has 124 valence electrons. The van der Waals surface area contributed by atoms with E-state index in [1.807, 2.05) is 0 Å². The molecule has 23 heavy (non-hydrogen) atoms. The summed E-state index contributed by atoms with van der Waals surface area (Å²) >= 11 is 0. The van der Waals surface area contributed by atoms with Crippen LogP contribution in [-0.4, -0.2) is 18.0 Å². The minimum absolute atomic E-state index is 0.149. The third kappa shape index (κ3) is 3.24. The van der Waals surface area contributed by atoms with E-state index in [2.05, 4.69) is 41.8 Å². The largest absolute Gasteiger partial charge is 0.385 e. The van der Waals surface area contributed by atoms with Gasteiger partial charge in [-0.25, -0.2) is 0 Å². The zero-order valence-electron chi connectivity index (χ0n) is 14.1. The van der Waals surface area contributed by atoms with Crippen LogP contribution in [0.5, 0.6) is 0 Å². The summed E-state index contributed by atoms with van der Waals surface area (Å²) < 4.78 is 0. The predicted molar refractivity (Wildman–Crippen MR) is 93.3 cm³/mol. The van der Waals surface area contributed by atoms with Crippen molar-refractivity contribution in [3.05, 3.63) is 29.8 Å². The Morgan fingerprint density at radius 3 is 2.17 bits per heavy atom. The van der Waals surface area contributed by atoms with Crippen molar-refractivity contribution in [2.24, 2.45) is 17.8 Å². The topological polar surface area (TPSA) is 41.1 Å². The van der Waals surface area contributed by atoms with Crippen molar-refractivity contribution in [3.8, 4) is 0 Å². The Kier molecular flexibility index (Phi) is 3.82. The molecule has 3 nitrogen and oxygen atoms in total. The van der Waals surface area contributed by atoms with E-state index in [1.165, 1.54) is 44.1 Å². The van der Waals surface area contributed by atoms with Crippen LogP contribution in [0.2, 0.25) is 0 Å². The van der Waals surface area contributed by atoms with Gasteiger partial charge in [-0.1, -0.05) is 17.7 Å². The number of amides is 1. The number of nitrogens with one attached hydrogen (secondary N) is 2. The van der Waals surface area contributed by atoms with Gasteiger partial charge in [-0.3, -0.25) is 4.79 Å². The van der Waals surface area contributed by atoms with Crippen molar-refractivity contribution < 1.29 is 4.79 Å². The average Bonchev–Trinajstić information content (AvgIpc) is 2.47. The molecule has 4 saturated carbocycles. The zero-order valence-corrected chi connectivity index (χ0v) is 14.1. The van der Waals surface area contributed by atoms with Crippen molar-refractivity contribution in [2.75, 3.05) is 11.9 Å². The molecule has 1 aromatic rings. The maximum Gasteiger partial charge on any atom is 0.222 e. The van der Waals surface area contributed by atoms with Crippen LogP contribution in [0.15, 0.2) is 24.3 Å². The van der Waals surface area contributed by atoms with Crippen LogP contribution in [0.4, 0.5) is 5.69 Å². The summed E-state index contributed by atoms with van der Waals surface area (Å²) in [6.07, 6.45) is 8.52. The standard InChI is InChI=1S/C20H28N2O/c1-14-2-4-18(5-3-14)21-7-6-19(23)22-20-11-15-8-16(12-20)10-17(9-15)13-20/h2-5,15-17,21H,6-13H2,1H3,(H,22,23). The molecule has 0 unspecified atom stereocenters. The van der Waals surface area contributed by atoms with E-state index >= 15 is 0 Å². The van der Waals surface area contributed by atoms with Crippen LogP contribution in [0.1, 0.15) is 50.5 Å². The Hall–Kier alpha value is -1.51. The fourth-order valence-electron chi connectivity index (χ4n) is 5.61. The second-order valence-corrected chi connectivity index (χ2v) is 8.29. The summed E-state index contributed by atoms with van der Waals surface area (Å²) in [6.45, 7) is 2.80. The van der Waals surface area contributed by atoms with Crippen molar-refractivity contribution in [1.82, 2.24) is 5.32 Å². The van der Waals surface area contributed by atoms with Gasteiger partial charge in [-0.05, 0) is 75.3 Å². The number of anilines is 1. The highest BCUT2D eigenvalue weighted by Gasteiger charge is 2.51. The fourth-order valence-corrected chi connectivity index (χ4v) is 5.61. The molecule has 0 saturated heterocycles. The minimum atomic E-state index is 0.149. The molecular formula is C20H28N2O. The summed E-state index contributed by atoms with van der Waals surface area (Å²) in [5.41, 5.74) is 2.50. The van der Waals surface area contributed by atoms with Gasteiger partial charge in [0.15, 0.2) is 0 Å². The molecule has 1 aromatic carbocycles. The highest BCUT2D eigenvalue weighted by atomic mass is 16.1. The molecular weight excluding hydrogens is 284 g/mol. The van der Waals surface area contributed by atoms with Gasteiger partial charge in [0, 0.05) is 24.2 Å². The van der Waals surface area contributed by atoms with Crippen molar-refractivity contribution in [2.45, 2.75) is 57.4 Å². The Morgan fingerprint density at radius 1 is 1.04 bits per heavy atom. The van der Waals surface area contributed by atoms with Crippen molar-refractivity contribution in [1.29, 1.82) is 0 Å². The molecule has 0 aromatic heterocycles. The zero-order chi connectivity index (χ0) is 15.9. The number of benzene rings is 1. The number of carbonyl (C=O) groups excluding carboxylic acids is 1. The normalized spacial score (nSPS) is 34.4. The van der Waals surface area contributed by atoms with Crippen molar-refractivity contribution >= 4 is 11.6 Å². The van der Waals surface area contributed by atoms with Crippen molar-refractivity contribution in [3.63, 3.8) is 0 Å². The first kappa shape index (κ1) is 15.0. The van der Waals surface area contributed by atoms with Gasteiger partial charge in [0.25, 0.3) is 0 Å². The van der Waals surface area contributed by atoms with Crippen LogP contribution in [0.25, 0.3) is 0 Å². The molecule has 0 radical (unpaired) electrons. The molecule has 0 spiro atoms. The summed E-state index contributed by atoms with van der Waals surface area (Å²) in [7, 11) is 0. The van der Waals surface area contributed by atoms with E-state index in [0.29, 0.717) is 13.0 Å². The summed E-state index contributed by atoms with van der Waals surface area (Å²) in [5, 5.41) is 6.79. The van der Waals surface area contributed by atoms with Crippen LogP contribution in [0, 0.1) is 24.7 Å². The Bertz CT molecular complexity index is 543. The number of hydrogen-bond donors (Lipinski definition) is 2. The highest BCUT2D eigenvalue weighted by Crippen LogP contribution is 2.55. The summed E-state index contributed by atoms with van der Waals surface area (Å²) in [4.78, 5) is 12.4. The second-order valence-electron chi connectivity index (χ2n) is 8.29. The van der Waals surface area contributed by atoms with Crippen LogP contribution in [-0.2, 0) is 4.79 Å². The lowest BCUT2D eigenvalue weighted by atomic mass is 9.53. The monoisotopic (exact) mass is 312 g/mol. The van der Waals surface area contributed by atoms with E-state index in [4.69, 9.17) is 0 Å². The van der Waals surface area contributed by atoms with Gasteiger partial charge in [0.1, 0.15) is 0 Å². The van der Waals surface area contributed by atoms with E-state index in [-0.39, 0.29) is 11.4 Å². The molecule has 2 N–H and O–H groups in total. The lowest BCUT2D eigenvalue weighted by molar-refractivity contribution is -0.126. The molecule has 0 heterocycles. The first-order valence-electron chi connectivity index (χ1n) is 9.22. The molecule has 5 rings (SSSR count).